The second-order valence-corrected chi connectivity index (χ2v) is 7.91. The van der Waals surface area contributed by atoms with Crippen LogP contribution in [0.4, 0.5) is 19.0 Å². The van der Waals surface area contributed by atoms with Gasteiger partial charge in [0.15, 0.2) is 11.3 Å². The van der Waals surface area contributed by atoms with Crippen LogP contribution in [0, 0.1) is 0 Å². The van der Waals surface area contributed by atoms with Gasteiger partial charge in [0.1, 0.15) is 17.1 Å². The molecule has 1 aliphatic rings. The lowest BCUT2D eigenvalue weighted by Crippen LogP contribution is -2.49. The number of nitrogens with zero attached hydrogens (tertiary/aromatic N) is 5. The molecule has 3 heterocycles. The van der Waals surface area contributed by atoms with Gasteiger partial charge >= 0.3 is 6.18 Å². The van der Waals surface area contributed by atoms with Crippen molar-refractivity contribution in [2.75, 3.05) is 58.0 Å². The molecule has 0 saturated carbocycles. The molecule has 1 saturated heterocycles. The van der Waals surface area contributed by atoms with E-state index in [9.17, 15) is 22.8 Å². The number of halogens is 4. The van der Waals surface area contributed by atoms with Crippen LogP contribution in [0.3, 0.4) is 0 Å². The minimum atomic E-state index is -4.93. The minimum Gasteiger partial charge on any atom is -0.483 e. The lowest BCUT2D eigenvalue weighted by Gasteiger charge is -2.35. The number of alkyl halides is 3. The van der Waals surface area contributed by atoms with Crippen LogP contribution in [0.25, 0.3) is 0 Å². The highest BCUT2D eigenvalue weighted by Crippen LogP contribution is 2.33. The number of nitrogens with one attached hydrogen (secondary N) is 1. The number of hydrogen-bond acceptors (Lipinski definition) is 9. The van der Waals surface area contributed by atoms with Gasteiger partial charge in [-0.3, -0.25) is 9.59 Å². The van der Waals surface area contributed by atoms with E-state index in [1.165, 1.54) is 13.3 Å². The molecule has 11 nitrogen and oxygen atoms in total. The van der Waals surface area contributed by atoms with Crippen LogP contribution in [0.5, 0.6) is 5.75 Å². The maximum absolute atomic E-state index is 13.2. The van der Waals surface area contributed by atoms with Crippen LogP contribution >= 0.6 is 11.6 Å². The Kier molecular flexibility index (Phi) is 9.23. The van der Waals surface area contributed by atoms with Gasteiger partial charge in [0.2, 0.25) is 5.91 Å². The van der Waals surface area contributed by atoms with Crippen molar-refractivity contribution in [1.29, 1.82) is 0 Å². The van der Waals surface area contributed by atoms with E-state index in [1.54, 1.807) is 16.2 Å². The average Bonchev–Trinajstić information content (AvgIpc) is 2.81. The summed E-state index contributed by atoms with van der Waals surface area (Å²) >= 11 is 5.75. The third kappa shape index (κ3) is 7.50. The van der Waals surface area contributed by atoms with Crippen molar-refractivity contribution in [3.05, 3.63) is 39.7 Å². The topological polar surface area (TPSA) is 123 Å². The molecule has 3 rings (SSSR count). The van der Waals surface area contributed by atoms with Gasteiger partial charge in [0.25, 0.3) is 5.56 Å². The summed E-state index contributed by atoms with van der Waals surface area (Å²) in [6.45, 7) is 1.92. The molecule has 1 N–H and O–H groups in total. The third-order valence-electron chi connectivity index (χ3n) is 5.08. The first kappa shape index (κ1) is 26.6. The maximum Gasteiger partial charge on any atom is 0.425 e. The SMILES string of the molecule is COC[C@H](COCCC(=O)N1CCN(c2cnc(Cl)cn2)CC1)Oc1cn[nH]c(=O)c1C(F)(F)F. The Morgan fingerprint density at radius 3 is 2.54 bits per heavy atom. The summed E-state index contributed by atoms with van der Waals surface area (Å²) in [6, 6.07) is 0. The van der Waals surface area contributed by atoms with E-state index in [-0.39, 0.29) is 32.1 Å². The quantitative estimate of drug-likeness (QED) is 0.463. The Labute approximate surface area is 203 Å². The Bertz CT molecular complexity index is 1030. The Morgan fingerprint density at radius 1 is 1.17 bits per heavy atom. The number of carbonyl (C=O) groups excluding carboxylic acids is 1. The number of amides is 1. The van der Waals surface area contributed by atoms with Crippen LogP contribution in [0.1, 0.15) is 12.0 Å². The van der Waals surface area contributed by atoms with Crippen molar-refractivity contribution in [3.63, 3.8) is 0 Å². The fourth-order valence-electron chi connectivity index (χ4n) is 3.41. The van der Waals surface area contributed by atoms with Crippen LogP contribution in [-0.2, 0) is 20.4 Å². The number of methoxy groups -OCH3 is 1. The minimum absolute atomic E-state index is 0.0328. The van der Waals surface area contributed by atoms with E-state index >= 15 is 0 Å². The number of hydrogen-bond donors (Lipinski definition) is 1. The summed E-state index contributed by atoms with van der Waals surface area (Å²) in [5.74, 6) is -0.168. The van der Waals surface area contributed by atoms with Crippen LogP contribution in [0.2, 0.25) is 5.15 Å². The number of aromatic amines is 1. The fraction of sp³-hybridized carbons (Fsp3) is 0.550. The lowest BCUT2D eigenvalue weighted by atomic mass is 10.2. The highest BCUT2D eigenvalue weighted by molar-refractivity contribution is 6.29. The van der Waals surface area contributed by atoms with Crippen LogP contribution in [-0.4, -0.2) is 90.2 Å². The van der Waals surface area contributed by atoms with Crippen LogP contribution in [0.15, 0.2) is 23.4 Å². The molecule has 0 aliphatic carbocycles. The summed E-state index contributed by atoms with van der Waals surface area (Å²) < 4.78 is 55.4. The third-order valence-corrected chi connectivity index (χ3v) is 5.27. The summed E-state index contributed by atoms with van der Waals surface area (Å²) in [5, 5.41) is 5.40. The van der Waals surface area contributed by atoms with E-state index in [0.29, 0.717) is 37.1 Å². The average molecular weight is 521 g/mol. The predicted molar refractivity (Wildman–Crippen MR) is 117 cm³/mol. The largest absolute Gasteiger partial charge is 0.483 e. The molecule has 192 valence electrons. The number of H-pyrrole nitrogens is 1. The Morgan fingerprint density at radius 2 is 1.91 bits per heavy atom. The molecule has 0 radical (unpaired) electrons. The van der Waals surface area contributed by atoms with Gasteiger partial charge in [0.05, 0.1) is 44.8 Å². The first-order valence-electron chi connectivity index (χ1n) is 10.6. The van der Waals surface area contributed by atoms with Gasteiger partial charge in [-0.15, -0.1) is 0 Å². The molecule has 15 heteroatoms. The number of anilines is 1. The van der Waals surface area contributed by atoms with Gasteiger partial charge in [-0.25, -0.2) is 15.1 Å². The van der Waals surface area contributed by atoms with E-state index < -0.39 is 29.2 Å². The summed E-state index contributed by atoms with van der Waals surface area (Å²) in [5.41, 5.74) is -2.91. The number of piperazine rings is 1. The van der Waals surface area contributed by atoms with E-state index in [0.717, 1.165) is 6.20 Å². The Balaban J connectivity index is 1.45. The Hall–Kier alpha value is -2.97. The molecule has 1 amide bonds. The van der Waals surface area contributed by atoms with E-state index in [4.69, 9.17) is 25.8 Å². The molecule has 0 aromatic carbocycles. The first-order chi connectivity index (χ1) is 16.7. The van der Waals surface area contributed by atoms with Gasteiger partial charge < -0.3 is 24.0 Å². The summed E-state index contributed by atoms with van der Waals surface area (Å²) in [6.07, 6.45) is -2.00. The van der Waals surface area contributed by atoms with Crippen molar-refractivity contribution in [2.24, 2.45) is 0 Å². The molecule has 2 aromatic heterocycles. The zero-order valence-corrected chi connectivity index (χ0v) is 19.5. The molecule has 2 aromatic rings. The number of ether oxygens (including phenoxy) is 3. The molecular formula is C20H24ClF3N6O5. The maximum atomic E-state index is 13.2. The molecule has 0 spiro atoms. The molecule has 1 atom stereocenters. The van der Waals surface area contributed by atoms with Crippen molar-refractivity contribution in [3.8, 4) is 5.75 Å². The zero-order chi connectivity index (χ0) is 25.4. The number of rotatable bonds is 10. The molecule has 0 bridgehead atoms. The van der Waals surface area contributed by atoms with Crippen molar-refractivity contribution in [1.82, 2.24) is 25.1 Å². The number of carbonyl (C=O) groups is 1. The lowest BCUT2D eigenvalue weighted by molar-refractivity contribution is -0.141. The first-order valence-corrected chi connectivity index (χ1v) is 10.9. The normalized spacial score (nSPS) is 15.2. The monoisotopic (exact) mass is 520 g/mol. The smallest absolute Gasteiger partial charge is 0.425 e. The van der Waals surface area contributed by atoms with Gasteiger partial charge in [-0.2, -0.15) is 18.3 Å². The van der Waals surface area contributed by atoms with Crippen molar-refractivity contribution in [2.45, 2.75) is 18.7 Å². The molecule has 1 fully saturated rings. The van der Waals surface area contributed by atoms with Gasteiger partial charge in [0, 0.05) is 33.3 Å². The predicted octanol–water partition coefficient (Wildman–Crippen LogP) is 1.38. The second kappa shape index (κ2) is 12.1. The number of aromatic nitrogens is 4. The molecule has 0 unspecified atom stereocenters. The fourth-order valence-corrected chi connectivity index (χ4v) is 3.50. The molecule has 1 aliphatic heterocycles. The van der Waals surface area contributed by atoms with Crippen molar-refractivity contribution < 1.29 is 32.2 Å². The standard InChI is InChI=1S/C20H24ClF3N6O5/c1-33-11-13(35-14-8-27-28-19(32)18(14)20(22,23)24)12-34-7-2-17(31)30-5-3-29(4-6-30)16-10-25-15(21)9-26-16/h8-10,13H,2-7,11-12H2,1H3,(H,28,32)/t13-/m1/s1. The van der Waals surface area contributed by atoms with Crippen molar-refractivity contribution >= 4 is 23.3 Å². The summed E-state index contributed by atoms with van der Waals surface area (Å²) in [7, 11) is 1.34. The van der Waals surface area contributed by atoms with Crippen LogP contribution < -0.4 is 15.2 Å². The van der Waals surface area contributed by atoms with E-state index in [1.807, 2.05) is 4.90 Å². The summed E-state index contributed by atoms with van der Waals surface area (Å²) in [4.78, 5) is 36.0. The van der Waals surface area contributed by atoms with Gasteiger partial charge in [-0.1, -0.05) is 11.6 Å². The second-order valence-electron chi connectivity index (χ2n) is 7.52. The zero-order valence-electron chi connectivity index (χ0n) is 18.8. The molecular weight excluding hydrogens is 497 g/mol. The van der Waals surface area contributed by atoms with Gasteiger partial charge in [-0.05, 0) is 0 Å². The molecule has 35 heavy (non-hydrogen) atoms. The highest BCUT2D eigenvalue weighted by Gasteiger charge is 2.39. The highest BCUT2D eigenvalue weighted by atomic mass is 35.5. The van der Waals surface area contributed by atoms with E-state index in [2.05, 4.69) is 15.1 Å².